The second kappa shape index (κ2) is 6.01. The number of ether oxygens (including phenoxy) is 1. The molecule has 7 heteroatoms. The van der Waals surface area contributed by atoms with Crippen LogP contribution in [0.2, 0.25) is 0 Å². The van der Waals surface area contributed by atoms with E-state index in [9.17, 15) is 9.59 Å². The number of thiazole rings is 1. The van der Waals surface area contributed by atoms with E-state index >= 15 is 0 Å². The number of carbonyl (C=O) groups excluding carboxylic acids is 2. The van der Waals surface area contributed by atoms with Gasteiger partial charge >= 0.3 is 6.09 Å². The molecule has 2 rings (SSSR count). The third kappa shape index (κ3) is 3.23. The van der Waals surface area contributed by atoms with Crippen LogP contribution in [-0.2, 0) is 4.74 Å². The molecule has 0 radical (unpaired) electrons. The zero-order valence-corrected chi connectivity index (χ0v) is 11.9. The Morgan fingerprint density at radius 3 is 2.47 bits per heavy atom. The highest BCUT2D eigenvalue weighted by molar-refractivity contribution is 7.09. The van der Waals surface area contributed by atoms with Crippen molar-refractivity contribution in [2.24, 2.45) is 0 Å². The number of carbonyl (C=O) groups is 2. The fraction of sp³-hybridized carbons (Fsp3) is 0.583. The molecule has 6 nitrogen and oxygen atoms in total. The first kappa shape index (κ1) is 13.8. The van der Waals surface area contributed by atoms with Crippen molar-refractivity contribution in [3.8, 4) is 0 Å². The molecule has 0 spiro atoms. The van der Waals surface area contributed by atoms with Gasteiger partial charge in [0.2, 0.25) is 0 Å². The van der Waals surface area contributed by atoms with Gasteiger partial charge in [-0.15, -0.1) is 11.3 Å². The first-order valence-corrected chi connectivity index (χ1v) is 7.13. The Morgan fingerprint density at radius 1 is 1.32 bits per heavy atom. The highest BCUT2D eigenvalue weighted by Crippen LogP contribution is 2.12. The first-order chi connectivity index (χ1) is 9.11. The van der Waals surface area contributed by atoms with Crippen LogP contribution in [0.3, 0.4) is 0 Å². The largest absolute Gasteiger partial charge is 0.450 e. The molecule has 0 atom stereocenters. The first-order valence-electron chi connectivity index (χ1n) is 6.25. The number of hydrogen-bond acceptors (Lipinski definition) is 5. The van der Waals surface area contributed by atoms with Crippen LogP contribution in [0, 0.1) is 6.92 Å². The van der Waals surface area contributed by atoms with Crippen molar-refractivity contribution in [2.45, 2.75) is 13.8 Å². The third-order valence-corrected chi connectivity index (χ3v) is 3.70. The second-order valence-corrected chi connectivity index (χ2v) is 5.29. The number of piperazine rings is 1. The summed E-state index contributed by atoms with van der Waals surface area (Å²) in [4.78, 5) is 31.2. The molecule has 0 aliphatic carbocycles. The van der Waals surface area contributed by atoms with E-state index in [1.165, 1.54) is 11.3 Å². The number of aromatic nitrogens is 1. The summed E-state index contributed by atoms with van der Waals surface area (Å²) in [5, 5.41) is 2.66. The molecular weight excluding hydrogens is 266 g/mol. The predicted molar refractivity (Wildman–Crippen MR) is 71.3 cm³/mol. The highest BCUT2D eigenvalue weighted by atomic mass is 32.1. The van der Waals surface area contributed by atoms with Crippen LogP contribution >= 0.6 is 11.3 Å². The standard InChI is InChI=1S/C12H17N3O3S/c1-3-18-12(17)15-6-4-14(5-7-15)11(16)10-8-19-9(2)13-10/h8H,3-7H2,1-2H3. The molecule has 2 heterocycles. The molecule has 1 aromatic heterocycles. The van der Waals surface area contributed by atoms with Crippen molar-refractivity contribution in [1.82, 2.24) is 14.8 Å². The molecule has 0 bridgehead atoms. The van der Waals surface area contributed by atoms with Crippen molar-refractivity contribution in [1.29, 1.82) is 0 Å². The molecule has 19 heavy (non-hydrogen) atoms. The van der Waals surface area contributed by atoms with Gasteiger partial charge in [0.15, 0.2) is 0 Å². The van der Waals surface area contributed by atoms with E-state index in [1.807, 2.05) is 6.92 Å². The van der Waals surface area contributed by atoms with Crippen LogP contribution in [0.15, 0.2) is 5.38 Å². The molecule has 0 aromatic carbocycles. The summed E-state index contributed by atoms with van der Waals surface area (Å²) in [6.45, 7) is 6.09. The summed E-state index contributed by atoms with van der Waals surface area (Å²) >= 11 is 1.47. The van der Waals surface area contributed by atoms with Gasteiger partial charge in [-0.1, -0.05) is 0 Å². The molecular formula is C12H17N3O3S. The lowest BCUT2D eigenvalue weighted by molar-refractivity contribution is 0.0566. The monoisotopic (exact) mass is 283 g/mol. The Morgan fingerprint density at radius 2 is 1.95 bits per heavy atom. The second-order valence-electron chi connectivity index (χ2n) is 4.23. The number of hydrogen-bond donors (Lipinski definition) is 0. The summed E-state index contributed by atoms with van der Waals surface area (Å²) in [6, 6.07) is 0. The smallest absolute Gasteiger partial charge is 0.409 e. The fourth-order valence-electron chi connectivity index (χ4n) is 1.93. The Balaban J connectivity index is 1.89. The SMILES string of the molecule is CCOC(=O)N1CCN(C(=O)c2csc(C)n2)CC1. The third-order valence-electron chi connectivity index (χ3n) is 2.93. The number of rotatable bonds is 2. The van der Waals surface area contributed by atoms with E-state index < -0.39 is 0 Å². The summed E-state index contributed by atoms with van der Waals surface area (Å²) in [7, 11) is 0. The Hall–Kier alpha value is -1.63. The van der Waals surface area contributed by atoms with Crippen molar-refractivity contribution in [3.05, 3.63) is 16.1 Å². The lowest BCUT2D eigenvalue weighted by Gasteiger charge is -2.33. The topological polar surface area (TPSA) is 62.7 Å². The van der Waals surface area contributed by atoms with Crippen LogP contribution in [-0.4, -0.2) is 59.6 Å². The van der Waals surface area contributed by atoms with Crippen molar-refractivity contribution >= 4 is 23.3 Å². The minimum Gasteiger partial charge on any atom is -0.450 e. The predicted octanol–water partition coefficient (Wildman–Crippen LogP) is 1.37. The quantitative estimate of drug-likeness (QED) is 0.822. The van der Waals surface area contributed by atoms with Crippen molar-refractivity contribution < 1.29 is 14.3 Å². The van der Waals surface area contributed by atoms with E-state index in [0.29, 0.717) is 38.5 Å². The highest BCUT2D eigenvalue weighted by Gasteiger charge is 2.26. The maximum Gasteiger partial charge on any atom is 0.409 e. The molecule has 1 saturated heterocycles. The van der Waals surface area contributed by atoms with E-state index in [0.717, 1.165) is 5.01 Å². The average Bonchev–Trinajstić information content (AvgIpc) is 2.85. The average molecular weight is 283 g/mol. The van der Waals surface area contributed by atoms with Crippen LogP contribution in [0.1, 0.15) is 22.4 Å². The number of aryl methyl sites for hydroxylation is 1. The van der Waals surface area contributed by atoms with E-state index in [1.54, 1.807) is 22.1 Å². The fourth-order valence-corrected chi connectivity index (χ4v) is 2.52. The summed E-state index contributed by atoms with van der Waals surface area (Å²) < 4.78 is 4.94. The normalized spacial score (nSPS) is 15.5. The van der Waals surface area contributed by atoms with Crippen molar-refractivity contribution in [2.75, 3.05) is 32.8 Å². The van der Waals surface area contributed by atoms with E-state index in [4.69, 9.17) is 4.74 Å². The van der Waals surface area contributed by atoms with Gasteiger partial charge in [0.05, 0.1) is 11.6 Å². The summed E-state index contributed by atoms with van der Waals surface area (Å²) in [5.41, 5.74) is 0.493. The van der Waals surface area contributed by atoms with Crippen molar-refractivity contribution in [3.63, 3.8) is 0 Å². The van der Waals surface area contributed by atoms with Gasteiger partial charge in [-0.25, -0.2) is 9.78 Å². The summed E-state index contributed by atoms with van der Waals surface area (Å²) in [5.74, 6) is -0.0622. The minimum absolute atomic E-state index is 0.0622. The zero-order valence-electron chi connectivity index (χ0n) is 11.1. The van der Waals surface area contributed by atoms with Gasteiger partial charge in [0.25, 0.3) is 5.91 Å². The molecule has 104 valence electrons. The molecule has 2 amide bonds. The molecule has 1 aliphatic heterocycles. The zero-order chi connectivity index (χ0) is 13.8. The maximum absolute atomic E-state index is 12.2. The Bertz CT molecular complexity index is 467. The molecule has 0 N–H and O–H groups in total. The Labute approximate surface area is 116 Å². The molecule has 0 saturated carbocycles. The van der Waals surface area contributed by atoms with Gasteiger partial charge in [-0.2, -0.15) is 0 Å². The van der Waals surface area contributed by atoms with Gasteiger partial charge in [-0.3, -0.25) is 4.79 Å². The summed E-state index contributed by atoms with van der Waals surface area (Å²) in [6.07, 6.45) is -0.306. The van der Waals surface area contributed by atoms with Gasteiger partial charge in [-0.05, 0) is 13.8 Å². The van der Waals surface area contributed by atoms with Gasteiger partial charge in [0, 0.05) is 31.6 Å². The van der Waals surface area contributed by atoms with Crippen LogP contribution in [0.25, 0.3) is 0 Å². The lowest BCUT2D eigenvalue weighted by atomic mass is 10.3. The van der Waals surface area contributed by atoms with Crippen LogP contribution in [0.4, 0.5) is 4.79 Å². The van der Waals surface area contributed by atoms with Gasteiger partial charge < -0.3 is 14.5 Å². The Kier molecular flexibility index (Phi) is 4.36. The van der Waals surface area contributed by atoms with E-state index in [-0.39, 0.29) is 12.0 Å². The van der Waals surface area contributed by atoms with E-state index in [2.05, 4.69) is 4.98 Å². The molecule has 1 aliphatic rings. The lowest BCUT2D eigenvalue weighted by Crippen LogP contribution is -2.50. The molecule has 0 unspecified atom stereocenters. The minimum atomic E-state index is -0.306. The number of amides is 2. The van der Waals surface area contributed by atoms with Gasteiger partial charge in [0.1, 0.15) is 5.69 Å². The number of nitrogens with zero attached hydrogens (tertiary/aromatic N) is 3. The molecule has 1 fully saturated rings. The molecule has 1 aromatic rings. The maximum atomic E-state index is 12.2. The van der Waals surface area contributed by atoms with Crippen LogP contribution < -0.4 is 0 Å². The van der Waals surface area contributed by atoms with Crippen LogP contribution in [0.5, 0.6) is 0 Å².